The molecule has 3 heteroatoms. The van der Waals surface area contributed by atoms with Gasteiger partial charge in [-0.1, -0.05) is 37.3 Å². The summed E-state index contributed by atoms with van der Waals surface area (Å²) in [6, 6.07) is 12.9. The van der Waals surface area contributed by atoms with Gasteiger partial charge in [0.25, 0.3) is 0 Å². The van der Waals surface area contributed by atoms with E-state index in [2.05, 4.69) is 0 Å². The molecule has 112 valence electrons. The van der Waals surface area contributed by atoms with Crippen molar-refractivity contribution in [3.8, 4) is 5.75 Å². The van der Waals surface area contributed by atoms with Gasteiger partial charge in [-0.05, 0) is 36.1 Å². The van der Waals surface area contributed by atoms with Crippen molar-refractivity contribution >= 4 is 11.6 Å². The Kier molecular flexibility index (Phi) is 3.80. The fourth-order valence-electron chi connectivity index (χ4n) is 3.05. The number of rotatable bonds is 0. The molecular formula is C19H18O3. The molecule has 4 rings (SSSR count). The third kappa shape index (κ3) is 2.67. The number of benzene rings is 2. The van der Waals surface area contributed by atoms with Crippen LogP contribution in [0.25, 0.3) is 0 Å². The smallest absolute Gasteiger partial charge is 0.166 e. The summed E-state index contributed by atoms with van der Waals surface area (Å²) in [5, 5.41) is 9.06. The van der Waals surface area contributed by atoms with Crippen LogP contribution < -0.4 is 0 Å². The van der Waals surface area contributed by atoms with Gasteiger partial charge in [0.05, 0.1) is 0 Å². The zero-order valence-electron chi connectivity index (χ0n) is 12.5. The predicted molar refractivity (Wildman–Crippen MR) is 84.4 cm³/mol. The van der Waals surface area contributed by atoms with Gasteiger partial charge in [0.15, 0.2) is 11.6 Å². The summed E-state index contributed by atoms with van der Waals surface area (Å²) in [7, 11) is 0. The van der Waals surface area contributed by atoms with Crippen LogP contribution in [0.2, 0.25) is 0 Å². The molecule has 1 N–H and O–H groups in total. The lowest BCUT2D eigenvalue weighted by atomic mass is 10.1. The first-order valence-corrected chi connectivity index (χ1v) is 7.53. The molecule has 2 aliphatic carbocycles. The Bertz CT molecular complexity index is 746. The van der Waals surface area contributed by atoms with Gasteiger partial charge in [-0.3, -0.25) is 9.59 Å². The number of carbonyl (C=O) groups excluding carboxylic acids is 2. The summed E-state index contributed by atoms with van der Waals surface area (Å²) >= 11 is 0. The summed E-state index contributed by atoms with van der Waals surface area (Å²) in [5.74, 6) is 0.836. The minimum atomic E-state index is 0.149. The zero-order valence-corrected chi connectivity index (χ0v) is 12.5. The maximum atomic E-state index is 11.4. The number of hydrogen-bond donors (Lipinski definition) is 1. The number of aromatic hydroxyl groups is 1. The maximum absolute atomic E-state index is 11.4. The molecule has 0 heterocycles. The molecule has 0 aliphatic heterocycles. The van der Waals surface area contributed by atoms with E-state index in [0.29, 0.717) is 17.8 Å². The molecule has 3 nitrogen and oxygen atoms in total. The number of aryl methyl sites for hydroxylation is 1. The van der Waals surface area contributed by atoms with E-state index in [1.165, 1.54) is 5.56 Å². The van der Waals surface area contributed by atoms with Crippen LogP contribution in [0.4, 0.5) is 0 Å². The number of carbonyl (C=O) groups is 2. The standard InChI is InChI=1S/C10H10O.C9H8O2/c1-7-6-8-4-2-3-5-9(8)10(7)11;10-7-3-1-6-2-4-9(11)8(6)5-7/h2-5,7H,6H2,1H3;1,3,5,10H,2,4H2. The number of phenols is 1. The highest BCUT2D eigenvalue weighted by molar-refractivity contribution is 6.02. The second-order valence-corrected chi connectivity index (χ2v) is 5.89. The lowest BCUT2D eigenvalue weighted by molar-refractivity contribution is 0.0945. The molecule has 0 amide bonds. The second kappa shape index (κ2) is 5.76. The number of hydrogen-bond acceptors (Lipinski definition) is 3. The number of phenolic OH excluding ortho intramolecular Hbond substituents is 1. The quantitative estimate of drug-likeness (QED) is 0.808. The van der Waals surface area contributed by atoms with E-state index < -0.39 is 0 Å². The zero-order chi connectivity index (χ0) is 15.7. The van der Waals surface area contributed by atoms with Crippen molar-refractivity contribution in [3.05, 3.63) is 64.7 Å². The highest BCUT2D eigenvalue weighted by Crippen LogP contribution is 2.26. The molecule has 0 saturated heterocycles. The summed E-state index contributed by atoms with van der Waals surface area (Å²) < 4.78 is 0. The molecule has 22 heavy (non-hydrogen) atoms. The third-order valence-corrected chi connectivity index (χ3v) is 4.27. The van der Waals surface area contributed by atoms with Crippen LogP contribution in [0.1, 0.15) is 45.2 Å². The first-order chi connectivity index (χ1) is 10.6. The Labute approximate surface area is 129 Å². The van der Waals surface area contributed by atoms with E-state index >= 15 is 0 Å². The van der Waals surface area contributed by atoms with Gasteiger partial charge in [-0.2, -0.15) is 0 Å². The molecular weight excluding hydrogens is 276 g/mol. The van der Waals surface area contributed by atoms with Gasteiger partial charge in [-0.25, -0.2) is 0 Å². The molecule has 0 saturated carbocycles. The van der Waals surface area contributed by atoms with E-state index in [1.54, 1.807) is 12.1 Å². The van der Waals surface area contributed by atoms with E-state index in [-0.39, 0.29) is 17.5 Å². The fraction of sp³-hybridized carbons (Fsp3) is 0.263. The normalized spacial score (nSPS) is 18.5. The average molecular weight is 294 g/mol. The first-order valence-electron chi connectivity index (χ1n) is 7.53. The Hall–Kier alpha value is -2.42. The average Bonchev–Trinajstić information content (AvgIpc) is 3.02. The summed E-state index contributed by atoms with van der Waals surface area (Å²) in [4.78, 5) is 22.5. The molecule has 0 aromatic heterocycles. The van der Waals surface area contributed by atoms with Gasteiger partial charge in [0.1, 0.15) is 5.75 Å². The molecule has 0 fully saturated rings. The van der Waals surface area contributed by atoms with Gasteiger partial charge in [-0.15, -0.1) is 0 Å². The Balaban J connectivity index is 0.000000131. The fourth-order valence-corrected chi connectivity index (χ4v) is 3.05. The Morgan fingerprint density at radius 1 is 0.955 bits per heavy atom. The molecule has 1 atom stereocenters. The highest BCUT2D eigenvalue weighted by atomic mass is 16.3. The van der Waals surface area contributed by atoms with Crippen molar-refractivity contribution in [3.63, 3.8) is 0 Å². The van der Waals surface area contributed by atoms with Crippen LogP contribution >= 0.6 is 0 Å². The van der Waals surface area contributed by atoms with Crippen LogP contribution in [0.15, 0.2) is 42.5 Å². The van der Waals surface area contributed by atoms with Gasteiger partial charge < -0.3 is 5.11 Å². The summed E-state index contributed by atoms with van der Waals surface area (Å²) in [5.41, 5.74) is 3.91. The van der Waals surface area contributed by atoms with E-state index in [4.69, 9.17) is 5.11 Å². The molecule has 0 spiro atoms. The van der Waals surface area contributed by atoms with Gasteiger partial charge in [0, 0.05) is 23.5 Å². The number of ketones is 2. The van der Waals surface area contributed by atoms with Crippen LogP contribution in [0.5, 0.6) is 5.75 Å². The molecule has 1 unspecified atom stereocenters. The first kappa shape index (κ1) is 14.5. The molecule has 2 aromatic rings. The molecule has 2 aliphatic rings. The highest BCUT2D eigenvalue weighted by Gasteiger charge is 2.25. The monoisotopic (exact) mass is 294 g/mol. The minimum absolute atomic E-state index is 0.149. The lowest BCUT2D eigenvalue weighted by Gasteiger charge is -1.96. The molecule has 0 bridgehead atoms. The Morgan fingerprint density at radius 2 is 1.73 bits per heavy atom. The van der Waals surface area contributed by atoms with Crippen LogP contribution in [0.3, 0.4) is 0 Å². The van der Waals surface area contributed by atoms with Crippen molar-refractivity contribution in [1.29, 1.82) is 0 Å². The summed E-state index contributed by atoms with van der Waals surface area (Å²) in [6.45, 7) is 1.99. The van der Waals surface area contributed by atoms with Crippen molar-refractivity contribution in [2.75, 3.05) is 0 Å². The van der Waals surface area contributed by atoms with Crippen LogP contribution in [0, 0.1) is 5.92 Å². The van der Waals surface area contributed by atoms with Crippen molar-refractivity contribution in [2.45, 2.75) is 26.2 Å². The minimum Gasteiger partial charge on any atom is -0.508 e. The lowest BCUT2D eigenvalue weighted by Crippen LogP contribution is -2.02. The third-order valence-electron chi connectivity index (χ3n) is 4.27. The number of fused-ring (bicyclic) bond motifs is 2. The largest absolute Gasteiger partial charge is 0.508 e. The molecule has 2 aromatic carbocycles. The van der Waals surface area contributed by atoms with Gasteiger partial charge >= 0.3 is 0 Å². The second-order valence-electron chi connectivity index (χ2n) is 5.89. The van der Waals surface area contributed by atoms with E-state index in [0.717, 1.165) is 24.0 Å². The van der Waals surface area contributed by atoms with E-state index in [1.807, 2.05) is 37.3 Å². The topological polar surface area (TPSA) is 54.4 Å². The van der Waals surface area contributed by atoms with Crippen molar-refractivity contribution in [2.24, 2.45) is 5.92 Å². The van der Waals surface area contributed by atoms with Crippen LogP contribution in [-0.2, 0) is 12.8 Å². The SMILES string of the molecule is CC1Cc2ccccc2C1=O.O=C1CCc2ccc(O)cc21. The van der Waals surface area contributed by atoms with Crippen LogP contribution in [-0.4, -0.2) is 16.7 Å². The van der Waals surface area contributed by atoms with Gasteiger partial charge in [0.2, 0.25) is 0 Å². The van der Waals surface area contributed by atoms with Crippen molar-refractivity contribution < 1.29 is 14.7 Å². The van der Waals surface area contributed by atoms with E-state index in [9.17, 15) is 9.59 Å². The maximum Gasteiger partial charge on any atom is 0.166 e. The number of Topliss-reactive ketones (excluding diaryl/α,β-unsaturated/α-hetero) is 2. The Morgan fingerprint density at radius 3 is 2.50 bits per heavy atom. The molecule has 0 radical (unpaired) electrons. The van der Waals surface area contributed by atoms with Crippen molar-refractivity contribution in [1.82, 2.24) is 0 Å². The summed E-state index contributed by atoms with van der Waals surface area (Å²) in [6.07, 6.45) is 2.35. The predicted octanol–water partition coefficient (Wildman–Crippen LogP) is 3.58.